The zero-order valence-electron chi connectivity index (χ0n) is 9.72. The molecule has 0 radical (unpaired) electrons. The van der Waals surface area contributed by atoms with E-state index in [4.69, 9.17) is 0 Å². The average molecular weight is 304 g/mol. The first-order valence-electron chi connectivity index (χ1n) is 5.32. The molecule has 1 aromatic carbocycles. The molecule has 0 atom stereocenters. The van der Waals surface area contributed by atoms with E-state index < -0.39 is 0 Å². The largest absolute Gasteiger partial charge is 0.507 e. The summed E-state index contributed by atoms with van der Waals surface area (Å²) in [5.41, 5.74) is 1.87. The monoisotopic (exact) mass is 303 g/mol. The lowest BCUT2D eigenvalue weighted by Crippen LogP contribution is -2.15. The summed E-state index contributed by atoms with van der Waals surface area (Å²) in [6.07, 6.45) is 3.28. The summed E-state index contributed by atoms with van der Waals surface area (Å²) < 4.78 is 1.02. The fourth-order valence-electron chi connectivity index (χ4n) is 1.50. The Bertz CT molecular complexity index is 344. The molecule has 4 heteroatoms. The number of phenols is 1. The Kier molecular flexibility index (Phi) is 6.24. The van der Waals surface area contributed by atoms with Gasteiger partial charge >= 0.3 is 0 Å². The highest BCUT2D eigenvalue weighted by molar-refractivity contribution is 9.10. The normalized spacial score (nSPS) is 10.7. The topological polar surface area (TPSA) is 32.3 Å². The van der Waals surface area contributed by atoms with Crippen LogP contribution < -0.4 is 5.32 Å². The molecule has 0 aliphatic rings. The lowest BCUT2D eigenvalue weighted by atomic mass is 10.1. The standard InChI is InChI=1S/C12H18BrNOS/c1-9-6-11(13)7-10(12(9)15)8-14-4-3-5-16-2/h6-7,14-15H,3-5,8H2,1-2H3. The molecule has 1 aromatic rings. The molecule has 0 bridgehead atoms. The van der Waals surface area contributed by atoms with Crippen molar-refractivity contribution in [3.05, 3.63) is 27.7 Å². The minimum absolute atomic E-state index is 0.403. The minimum Gasteiger partial charge on any atom is -0.507 e. The maximum Gasteiger partial charge on any atom is 0.123 e. The third kappa shape index (κ3) is 4.36. The number of hydrogen-bond acceptors (Lipinski definition) is 3. The van der Waals surface area contributed by atoms with Gasteiger partial charge in [0, 0.05) is 16.6 Å². The van der Waals surface area contributed by atoms with Crippen molar-refractivity contribution in [2.45, 2.75) is 19.9 Å². The van der Waals surface area contributed by atoms with E-state index in [9.17, 15) is 5.11 Å². The molecule has 0 aliphatic heterocycles. The first kappa shape index (κ1) is 13.9. The highest BCUT2D eigenvalue weighted by Crippen LogP contribution is 2.26. The number of phenolic OH excluding ortho intramolecular Hbond substituents is 1. The van der Waals surface area contributed by atoms with Gasteiger partial charge in [0.25, 0.3) is 0 Å². The molecule has 90 valence electrons. The van der Waals surface area contributed by atoms with Gasteiger partial charge in [0.2, 0.25) is 0 Å². The molecule has 0 unspecified atom stereocenters. The fourth-order valence-corrected chi connectivity index (χ4v) is 2.56. The van der Waals surface area contributed by atoms with E-state index in [0.29, 0.717) is 5.75 Å². The van der Waals surface area contributed by atoms with E-state index in [1.54, 1.807) is 0 Å². The maximum absolute atomic E-state index is 9.86. The number of halogens is 1. The summed E-state index contributed by atoms with van der Waals surface area (Å²) in [5.74, 6) is 1.58. The summed E-state index contributed by atoms with van der Waals surface area (Å²) in [5, 5.41) is 13.2. The van der Waals surface area contributed by atoms with Gasteiger partial charge in [-0.2, -0.15) is 11.8 Å². The van der Waals surface area contributed by atoms with Crippen molar-refractivity contribution in [2.75, 3.05) is 18.6 Å². The van der Waals surface area contributed by atoms with Crippen LogP contribution >= 0.6 is 27.7 Å². The van der Waals surface area contributed by atoms with Gasteiger partial charge in [0.05, 0.1) is 0 Å². The molecule has 0 aromatic heterocycles. The zero-order valence-corrected chi connectivity index (χ0v) is 12.1. The number of thioether (sulfide) groups is 1. The van der Waals surface area contributed by atoms with E-state index in [0.717, 1.165) is 35.1 Å². The van der Waals surface area contributed by atoms with Gasteiger partial charge in [-0.1, -0.05) is 15.9 Å². The molecule has 0 heterocycles. The van der Waals surface area contributed by atoms with Crippen LogP contribution in [0.2, 0.25) is 0 Å². The number of benzene rings is 1. The van der Waals surface area contributed by atoms with E-state index in [2.05, 4.69) is 27.5 Å². The third-order valence-electron chi connectivity index (χ3n) is 2.36. The van der Waals surface area contributed by atoms with Crippen LogP contribution in [0.15, 0.2) is 16.6 Å². The second kappa shape index (κ2) is 7.20. The SMILES string of the molecule is CSCCCNCc1cc(Br)cc(C)c1O. The fraction of sp³-hybridized carbons (Fsp3) is 0.500. The molecule has 0 saturated carbocycles. The summed E-state index contributed by atoms with van der Waals surface area (Å²) in [6, 6.07) is 3.89. The quantitative estimate of drug-likeness (QED) is 0.791. The van der Waals surface area contributed by atoms with Crippen molar-refractivity contribution < 1.29 is 5.11 Å². The van der Waals surface area contributed by atoms with Gasteiger partial charge in [-0.15, -0.1) is 0 Å². The van der Waals surface area contributed by atoms with Gasteiger partial charge in [-0.25, -0.2) is 0 Å². The van der Waals surface area contributed by atoms with Crippen LogP contribution in [-0.2, 0) is 6.54 Å². The predicted molar refractivity (Wildman–Crippen MR) is 75.2 cm³/mol. The Morgan fingerprint density at radius 1 is 1.44 bits per heavy atom. The van der Waals surface area contributed by atoms with E-state index in [1.807, 2.05) is 30.8 Å². The van der Waals surface area contributed by atoms with Crippen molar-refractivity contribution in [1.29, 1.82) is 0 Å². The first-order valence-corrected chi connectivity index (χ1v) is 7.51. The van der Waals surface area contributed by atoms with Gasteiger partial charge in [0.15, 0.2) is 0 Å². The average Bonchev–Trinajstić information content (AvgIpc) is 2.24. The Hall–Kier alpha value is -0.190. The third-order valence-corrected chi connectivity index (χ3v) is 3.52. The number of rotatable bonds is 6. The Morgan fingerprint density at radius 2 is 2.19 bits per heavy atom. The molecule has 0 fully saturated rings. The van der Waals surface area contributed by atoms with Gasteiger partial charge in [0.1, 0.15) is 5.75 Å². The molecular weight excluding hydrogens is 286 g/mol. The van der Waals surface area contributed by atoms with Crippen molar-refractivity contribution in [3.63, 3.8) is 0 Å². The lowest BCUT2D eigenvalue weighted by Gasteiger charge is -2.09. The summed E-state index contributed by atoms with van der Waals surface area (Å²) >= 11 is 5.30. The van der Waals surface area contributed by atoms with Crippen molar-refractivity contribution in [2.24, 2.45) is 0 Å². The molecule has 2 nitrogen and oxygen atoms in total. The van der Waals surface area contributed by atoms with Crippen LogP contribution in [0.3, 0.4) is 0 Å². The Morgan fingerprint density at radius 3 is 2.88 bits per heavy atom. The summed E-state index contributed by atoms with van der Waals surface area (Å²) in [7, 11) is 0. The van der Waals surface area contributed by atoms with Crippen molar-refractivity contribution in [1.82, 2.24) is 5.32 Å². The zero-order chi connectivity index (χ0) is 12.0. The van der Waals surface area contributed by atoms with Crippen LogP contribution in [-0.4, -0.2) is 23.7 Å². The lowest BCUT2D eigenvalue weighted by molar-refractivity contribution is 0.460. The van der Waals surface area contributed by atoms with E-state index >= 15 is 0 Å². The summed E-state index contributed by atoms with van der Waals surface area (Å²) in [4.78, 5) is 0. The maximum atomic E-state index is 9.86. The second-order valence-corrected chi connectivity index (χ2v) is 5.65. The van der Waals surface area contributed by atoms with Gasteiger partial charge in [-0.05, 0) is 49.6 Å². The van der Waals surface area contributed by atoms with Crippen molar-refractivity contribution in [3.8, 4) is 5.75 Å². The molecule has 0 saturated heterocycles. The van der Waals surface area contributed by atoms with Crippen LogP contribution in [0.4, 0.5) is 0 Å². The van der Waals surface area contributed by atoms with Crippen molar-refractivity contribution >= 4 is 27.7 Å². The molecule has 0 spiro atoms. The molecule has 2 N–H and O–H groups in total. The second-order valence-electron chi connectivity index (χ2n) is 3.75. The number of hydrogen-bond donors (Lipinski definition) is 2. The molecule has 16 heavy (non-hydrogen) atoms. The molecule has 1 rings (SSSR count). The van der Waals surface area contributed by atoms with Crippen LogP contribution in [0.25, 0.3) is 0 Å². The van der Waals surface area contributed by atoms with Crippen LogP contribution in [0, 0.1) is 6.92 Å². The number of aryl methyl sites for hydroxylation is 1. The smallest absolute Gasteiger partial charge is 0.123 e. The molecule has 0 amide bonds. The highest BCUT2D eigenvalue weighted by Gasteiger charge is 2.05. The van der Waals surface area contributed by atoms with Crippen LogP contribution in [0.5, 0.6) is 5.75 Å². The van der Waals surface area contributed by atoms with Crippen LogP contribution in [0.1, 0.15) is 17.5 Å². The van der Waals surface area contributed by atoms with E-state index in [-0.39, 0.29) is 0 Å². The number of nitrogens with one attached hydrogen (secondary N) is 1. The van der Waals surface area contributed by atoms with Gasteiger partial charge in [-0.3, -0.25) is 0 Å². The predicted octanol–water partition coefficient (Wildman–Crippen LogP) is 3.31. The summed E-state index contributed by atoms with van der Waals surface area (Å²) in [6.45, 7) is 3.63. The first-order chi connectivity index (χ1) is 7.65. The number of aromatic hydroxyl groups is 1. The van der Waals surface area contributed by atoms with E-state index in [1.165, 1.54) is 5.75 Å². The molecular formula is C12H18BrNOS. The minimum atomic E-state index is 0.403. The molecule has 0 aliphatic carbocycles. The Labute approximate surface area is 110 Å². The highest BCUT2D eigenvalue weighted by atomic mass is 79.9. The Balaban J connectivity index is 2.47. The van der Waals surface area contributed by atoms with Gasteiger partial charge < -0.3 is 10.4 Å².